The third-order valence-electron chi connectivity index (χ3n) is 4.70. The van der Waals surface area contributed by atoms with Crippen LogP contribution in [0, 0.1) is 18.2 Å². The Kier molecular flexibility index (Phi) is 6.50. The Morgan fingerprint density at radius 3 is 2.07 bits per heavy atom. The van der Waals surface area contributed by atoms with Crippen molar-refractivity contribution < 1.29 is 22.4 Å². The Balaban J connectivity index is 1.61. The lowest BCUT2D eigenvalue weighted by molar-refractivity contribution is 0.0535. The number of carbonyl (C=O) groups is 2. The molecule has 2 aromatic carbocycles. The van der Waals surface area contributed by atoms with Gasteiger partial charge >= 0.3 is 0 Å². The van der Waals surface area contributed by atoms with E-state index in [2.05, 4.69) is 10.6 Å². The molecule has 1 saturated heterocycles. The lowest BCUT2D eigenvalue weighted by Crippen LogP contribution is -2.50. The van der Waals surface area contributed by atoms with E-state index in [1.54, 1.807) is 15.9 Å². The van der Waals surface area contributed by atoms with Gasteiger partial charge in [0, 0.05) is 37.3 Å². The van der Waals surface area contributed by atoms with Crippen molar-refractivity contribution in [3.8, 4) is 12.3 Å². The van der Waals surface area contributed by atoms with Gasteiger partial charge in [-0.15, -0.1) is 6.42 Å². The predicted octanol–water partition coefficient (Wildman–Crippen LogP) is 1.34. The number of nitrogens with zero attached hydrogens (tertiary/aromatic N) is 2. The lowest BCUT2D eigenvalue weighted by Gasteiger charge is -2.35. The second kappa shape index (κ2) is 9.07. The molecule has 1 aliphatic rings. The molecule has 0 atom stereocenters. The largest absolute Gasteiger partial charge is 0.335 e. The molecule has 3 rings (SSSR count). The highest BCUT2D eigenvalue weighted by atomic mass is 32.2. The number of nitrogens with one attached hydrogen (secondary N) is 1. The van der Waals surface area contributed by atoms with Gasteiger partial charge in [-0.3, -0.25) is 9.59 Å². The van der Waals surface area contributed by atoms with Crippen molar-refractivity contribution in [3.63, 3.8) is 0 Å². The molecule has 1 heterocycles. The molecule has 0 spiro atoms. The van der Waals surface area contributed by atoms with Crippen LogP contribution in [0.15, 0.2) is 53.4 Å². The maximum Gasteiger partial charge on any atom is 0.254 e. The standard InChI is InChI=1S/C21H20FN3O4S/c1-2-10-23-30(28,29)19-8-6-16(7-9-19)20(26)24-11-13-25(14-12-24)21(27)17-4-3-5-18(22)15-17/h1,3-9,15,23H,10-14H2. The summed E-state index contributed by atoms with van der Waals surface area (Å²) >= 11 is 0. The Hall–Kier alpha value is -3.22. The second-order valence-electron chi connectivity index (χ2n) is 6.65. The van der Waals surface area contributed by atoms with E-state index in [1.807, 2.05) is 0 Å². The Labute approximate surface area is 174 Å². The number of amides is 2. The zero-order chi connectivity index (χ0) is 21.7. The van der Waals surface area contributed by atoms with Gasteiger partial charge in [0.25, 0.3) is 11.8 Å². The zero-order valence-electron chi connectivity index (χ0n) is 16.0. The molecule has 7 nitrogen and oxygen atoms in total. The first kappa shape index (κ1) is 21.5. The number of hydrogen-bond donors (Lipinski definition) is 1. The molecule has 1 N–H and O–H groups in total. The molecular formula is C21H20FN3O4S. The zero-order valence-corrected chi connectivity index (χ0v) is 16.9. The summed E-state index contributed by atoms with van der Waals surface area (Å²) in [6.07, 6.45) is 5.06. The topological polar surface area (TPSA) is 86.8 Å². The van der Waals surface area contributed by atoms with Crippen molar-refractivity contribution in [2.24, 2.45) is 0 Å². The Bertz CT molecular complexity index is 1090. The summed E-state index contributed by atoms with van der Waals surface area (Å²) in [5, 5.41) is 0. The highest BCUT2D eigenvalue weighted by Crippen LogP contribution is 2.15. The highest BCUT2D eigenvalue weighted by molar-refractivity contribution is 7.89. The average molecular weight is 429 g/mol. The van der Waals surface area contributed by atoms with Crippen LogP contribution in [0.1, 0.15) is 20.7 Å². The number of carbonyl (C=O) groups excluding carboxylic acids is 2. The molecule has 2 amide bonds. The maximum atomic E-state index is 13.3. The van der Waals surface area contributed by atoms with Crippen molar-refractivity contribution in [2.75, 3.05) is 32.7 Å². The number of piperazine rings is 1. The first-order chi connectivity index (χ1) is 14.3. The maximum absolute atomic E-state index is 13.3. The van der Waals surface area contributed by atoms with Crippen molar-refractivity contribution in [1.29, 1.82) is 0 Å². The normalized spacial score (nSPS) is 14.3. The van der Waals surface area contributed by atoms with E-state index < -0.39 is 15.8 Å². The molecule has 0 saturated carbocycles. The minimum absolute atomic E-state index is 0.0137. The van der Waals surface area contributed by atoms with Crippen LogP contribution in [0.4, 0.5) is 4.39 Å². The SMILES string of the molecule is C#CCNS(=O)(=O)c1ccc(C(=O)N2CCN(C(=O)c3cccc(F)c3)CC2)cc1. The number of hydrogen-bond acceptors (Lipinski definition) is 4. The predicted molar refractivity (Wildman–Crippen MR) is 109 cm³/mol. The van der Waals surface area contributed by atoms with Gasteiger partial charge in [0.2, 0.25) is 10.0 Å². The first-order valence-electron chi connectivity index (χ1n) is 9.19. The Morgan fingerprint density at radius 1 is 0.967 bits per heavy atom. The van der Waals surface area contributed by atoms with Crippen molar-refractivity contribution >= 4 is 21.8 Å². The summed E-state index contributed by atoms with van der Waals surface area (Å²) in [6.45, 7) is 1.17. The summed E-state index contributed by atoms with van der Waals surface area (Å²) in [5.74, 6) is 1.18. The van der Waals surface area contributed by atoms with Crippen LogP contribution >= 0.6 is 0 Å². The van der Waals surface area contributed by atoms with E-state index in [1.165, 1.54) is 42.5 Å². The van der Waals surface area contributed by atoms with Crippen LogP contribution in [-0.4, -0.2) is 62.8 Å². The third-order valence-corrected chi connectivity index (χ3v) is 6.12. The van der Waals surface area contributed by atoms with Crippen LogP contribution in [-0.2, 0) is 10.0 Å². The number of benzene rings is 2. The fourth-order valence-corrected chi connectivity index (χ4v) is 4.03. The summed E-state index contributed by atoms with van der Waals surface area (Å²) in [4.78, 5) is 28.4. The Morgan fingerprint density at radius 2 is 1.53 bits per heavy atom. The van der Waals surface area contributed by atoms with E-state index >= 15 is 0 Å². The van der Waals surface area contributed by atoms with Crippen LogP contribution in [0.3, 0.4) is 0 Å². The van der Waals surface area contributed by atoms with Crippen LogP contribution in [0.25, 0.3) is 0 Å². The van der Waals surface area contributed by atoms with Gasteiger partial charge in [0.1, 0.15) is 5.82 Å². The van der Waals surface area contributed by atoms with Gasteiger partial charge in [-0.25, -0.2) is 12.8 Å². The second-order valence-corrected chi connectivity index (χ2v) is 8.41. The number of halogens is 1. The molecule has 0 bridgehead atoms. The lowest BCUT2D eigenvalue weighted by atomic mass is 10.1. The number of sulfonamides is 1. The quantitative estimate of drug-likeness (QED) is 0.727. The molecule has 0 aliphatic carbocycles. The van der Waals surface area contributed by atoms with Gasteiger partial charge in [-0.1, -0.05) is 12.0 Å². The molecule has 1 aliphatic heterocycles. The van der Waals surface area contributed by atoms with Crippen LogP contribution in [0.2, 0.25) is 0 Å². The minimum Gasteiger partial charge on any atom is -0.335 e. The van der Waals surface area contributed by atoms with Gasteiger partial charge in [-0.05, 0) is 42.5 Å². The first-order valence-corrected chi connectivity index (χ1v) is 10.7. The van der Waals surface area contributed by atoms with Gasteiger partial charge < -0.3 is 9.80 Å². The molecule has 2 aromatic rings. The van der Waals surface area contributed by atoms with Crippen molar-refractivity contribution in [2.45, 2.75) is 4.90 Å². The summed E-state index contributed by atoms with van der Waals surface area (Å²) in [5.41, 5.74) is 0.612. The van der Waals surface area contributed by atoms with Gasteiger partial charge in [0.15, 0.2) is 0 Å². The molecule has 156 valence electrons. The van der Waals surface area contributed by atoms with Crippen LogP contribution in [0.5, 0.6) is 0 Å². The van der Waals surface area contributed by atoms with Gasteiger partial charge in [-0.2, -0.15) is 4.72 Å². The fourth-order valence-electron chi connectivity index (χ4n) is 3.10. The van der Waals surface area contributed by atoms with E-state index in [0.717, 1.165) is 0 Å². The summed E-state index contributed by atoms with van der Waals surface area (Å²) in [7, 11) is -3.72. The van der Waals surface area contributed by atoms with Gasteiger partial charge in [0.05, 0.1) is 11.4 Å². The highest BCUT2D eigenvalue weighted by Gasteiger charge is 2.26. The van der Waals surface area contributed by atoms with Crippen molar-refractivity contribution in [1.82, 2.24) is 14.5 Å². The molecule has 1 fully saturated rings. The average Bonchev–Trinajstić information content (AvgIpc) is 2.77. The van der Waals surface area contributed by atoms with E-state index in [-0.39, 0.29) is 28.8 Å². The molecule has 30 heavy (non-hydrogen) atoms. The van der Waals surface area contributed by atoms with Crippen molar-refractivity contribution in [3.05, 3.63) is 65.5 Å². The summed E-state index contributed by atoms with van der Waals surface area (Å²) in [6, 6.07) is 11.1. The van der Waals surface area contributed by atoms with E-state index in [0.29, 0.717) is 31.7 Å². The minimum atomic E-state index is -3.72. The molecular weight excluding hydrogens is 409 g/mol. The monoisotopic (exact) mass is 429 g/mol. The summed E-state index contributed by atoms with van der Waals surface area (Å²) < 4.78 is 39.7. The smallest absolute Gasteiger partial charge is 0.254 e. The van der Waals surface area contributed by atoms with Crippen LogP contribution < -0.4 is 4.72 Å². The van der Waals surface area contributed by atoms with E-state index in [4.69, 9.17) is 6.42 Å². The molecule has 0 unspecified atom stereocenters. The van der Waals surface area contributed by atoms with E-state index in [9.17, 15) is 22.4 Å². The number of terminal acetylenes is 1. The molecule has 9 heteroatoms. The fraction of sp³-hybridized carbons (Fsp3) is 0.238. The third kappa shape index (κ3) is 4.84. The number of rotatable bonds is 5. The molecule has 0 radical (unpaired) electrons. The molecule has 0 aromatic heterocycles.